The predicted molar refractivity (Wildman–Crippen MR) is 133 cm³/mol. The minimum absolute atomic E-state index is 0.139. The summed E-state index contributed by atoms with van der Waals surface area (Å²) in [7, 11) is -1.70. The third-order valence-corrected chi connectivity index (χ3v) is 17.5. The first kappa shape index (κ1) is 23.0. The lowest BCUT2D eigenvalue weighted by Crippen LogP contribution is -2.62. The quantitative estimate of drug-likeness (QED) is 0.229. The zero-order valence-corrected chi connectivity index (χ0v) is 23.1. The van der Waals surface area contributed by atoms with E-state index in [9.17, 15) is 5.11 Å². The van der Waals surface area contributed by atoms with Crippen molar-refractivity contribution < 1.29 is 9.53 Å². The van der Waals surface area contributed by atoms with Gasteiger partial charge in [-0.15, -0.1) is 0 Å². The lowest BCUT2D eigenvalue weighted by Gasteiger charge is -2.63. The van der Waals surface area contributed by atoms with Crippen LogP contribution in [0.3, 0.4) is 0 Å². The normalized spacial score (nSPS) is 50.6. The topological polar surface area (TPSA) is 29.5 Å². The lowest BCUT2D eigenvalue weighted by atomic mass is 9.44. The van der Waals surface area contributed by atoms with E-state index < -0.39 is 13.9 Å². The molecule has 0 radical (unpaired) electrons. The van der Waals surface area contributed by atoms with Crippen LogP contribution in [0.2, 0.25) is 18.1 Å². The van der Waals surface area contributed by atoms with Gasteiger partial charge in [-0.3, -0.25) is 0 Å². The smallest absolute Gasteiger partial charge is 0.192 e. The maximum absolute atomic E-state index is 12.0. The molecule has 2 nitrogen and oxygen atoms in total. The van der Waals surface area contributed by atoms with E-state index in [4.69, 9.17) is 4.43 Å². The summed E-state index contributed by atoms with van der Waals surface area (Å²) in [6, 6.07) is 0. The molecule has 0 aromatic rings. The molecule has 4 aliphatic rings. The van der Waals surface area contributed by atoms with Gasteiger partial charge < -0.3 is 9.53 Å². The number of rotatable bonds is 2. The number of hydrogen-bond donors (Lipinski definition) is 1. The van der Waals surface area contributed by atoms with Gasteiger partial charge in [-0.2, -0.15) is 0 Å². The van der Waals surface area contributed by atoms with Crippen LogP contribution in [0.1, 0.15) is 92.4 Å². The van der Waals surface area contributed by atoms with E-state index in [2.05, 4.69) is 70.3 Å². The van der Waals surface area contributed by atoms with Crippen LogP contribution in [0.5, 0.6) is 0 Å². The Morgan fingerprint density at radius 3 is 2.28 bits per heavy atom. The zero-order chi connectivity index (χ0) is 21.5. The molecule has 0 heterocycles. The Labute approximate surface area is 194 Å². The van der Waals surface area contributed by atoms with Gasteiger partial charge in [-0.05, 0) is 99.1 Å². The molecule has 4 rings (SSSR count). The molecule has 168 valence electrons. The molecule has 0 amide bonds. The Morgan fingerprint density at radius 1 is 0.931 bits per heavy atom. The fraction of sp³-hybridized carbons (Fsp3) is 1.00. The summed E-state index contributed by atoms with van der Waals surface area (Å²) < 4.78 is 7.52. The van der Waals surface area contributed by atoms with Gasteiger partial charge in [0, 0.05) is 15.4 Å². The van der Waals surface area contributed by atoms with Crippen molar-refractivity contribution in [2.45, 2.75) is 126 Å². The van der Waals surface area contributed by atoms with Crippen LogP contribution in [0.4, 0.5) is 0 Å². The Kier molecular flexibility index (Phi) is 5.71. The van der Waals surface area contributed by atoms with Crippen molar-refractivity contribution in [3.63, 3.8) is 0 Å². The van der Waals surface area contributed by atoms with Crippen molar-refractivity contribution in [1.82, 2.24) is 0 Å². The molecule has 29 heavy (non-hydrogen) atoms. The predicted octanol–water partition coefficient (Wildman–Crippen LogP) is 7.34. The second-order valence-electron chi connectivity index (χ2n) is 13.2. The molecule has 0 spiro atoms. The van der Waals surface area contributed by atoms with Crippen LogP contribution < -0.4 is 0 Å². The van der Waals surface area contributed by atoms with Crippen molar-refractivity contribution in [2.75, 3.05) is 0 Å². The standard InChI is InChI=1S/C25H45IO2Si/c1-22(2,3)29(6,7)28-18-10-13-23(4)17(16-18)8-9-20-19(23)11-14-24(5)21(26)12-15-25(20,24)27/h17-21,27H,8-16H2,1-7H3/t17-,18+,19+,20-,21-,23+,24-,25+/m1/s1. The molecule has 4 saturated carbocycles. The molecule has 0 aliphatic heterocycles. The molecule has 0 saturated heterocycles. The van der Waals surface area contributed by atoms with Crippen LogP contribution in [-0.2, 0) is 4.43 Å². The third kappa shape index (κ3) is 3.35. The summed E-state index contributed by atoms with van der Waals surface area (Å²) in [5, 5.41) is 12.3. The van der Waals surface area contributed by atoms with Crippen LogP contribution in [0.15, 0.2) is 0 Å². The average Bonchev–Trinajstić information content (AvgIpc) is 2.85. The number of halogens is 1. The largest absolute Gasteiger partial charge is 0.414 e. The summed E-state index contributed by atoms with van der Waals surface area (Å²) in [5.74, 6) is 2.03. The van der Waals surface area contributed by atoms with Crippen molar-refractivity contribution in [1.29, 1.82) is 0 Å². The Morgan fingerprint density at radius 2 is 1.62 bits per heavy atom. The highest BCUT2D eigenvalue weighted by Gasteiger charge is 2.66. The van der Waals surface area contributed by atoms with Crippen LogP contribution in [0.25, 0.3) is 0 Å². The van der Waals surface area contributed by atoms with E-state index >= 15 is 0 Å². The molecule has 0 unspecified atom stereocenters. The maximum Gasteiger partial charge on any atom is 0.192 e. The van der Waals surface area contributed by atoms with Crippen LogP contribution in [0, 0.1) is 28.6 Å². The molecule has 1 N–H and O–H groups in total. The van der Waals surface area contributed by atoms with Crippen LogP contribution in [-0.4, -0.2) is 29.1 Å². The number of alkyl halides is 1. The third-order valence-electron chi connectivity index (χ3n) is 11.0. The van der Waals surface area contributed by atoms with Gasteiger partial charge >= 0.3 is 0 Å². The van der Waals surface area contributed by atoms with Gasteiger partial charge in [-0.1, -0.05) is 57.2 Å². The van der Waals surface area contributed by atoms with Crippen molar-refractivity contribution in [3.05, 3.63) is 0 Å². The second kappa shape index (κ2) is 7.18. The molecule has 4 heteroatoms. The van der Waals surface area contributed by atoms with Crippen LogP contribution >= 0.6 is 22.6 Å². The summed E-state index contributed by atoms with van der Waals surface area (Å²) in [5.41, 5.74) is 0.140. The van der Waals surface area contributed by atoms with Gasteiger partial charge in [0.2, 0.25) is 0 Å². The first-order chi connectivity index (χ1) is 13.2. The van der Waals surface area contributed by atoms with Gasteiger partial charge in [0.1, 0.15) is 0 Å². The number of aliphatic hydroxyl groups is 1. The molecular formula is C25H45IO2Si. The molecule has 0 bridgehead atoms. The van der Waals surface area contributed by atoms with Gasteiger partial charge in [0.25, 0.3) is 0 Å². The van der Waals surface area contributed by atoms with E-state index in [-0.39, 0.29) is 5.41 Å². The molecule has 4 fully saturated rings. The Balaban J connectivity index is 1.52. The number of fused-ring (bicyclic) bond motifs is 5. The highest BCUT2D eigenvalue weighted by molar-refractivity contribution is 14.1. The Bertz CT molecular complexity index is 645. The molecule has 0 aromatic heterocycles. The zero-order valence-electron chi connectivity index (χ0n) is 20.0. The minimum atomic E-state index is -1.70. The monoisotopic (exact) mass is 532 g/mol. The van der Waals surface area contributed by atoms with Gasteiger partial charge in [-0.25, -0.2) is 0 Å². The molecular weight excluding hydrogens is 487 g/mol. The Hall–Kier alpha value is 0.867. The van der Waals surface area contributed by atoms with Crippen molar-refractivity contribution >= 4 is 30.9 Å². The second-order valence-corrected chi connectivity index (χ2v) is 19.4. The molecule has 0 aromatic carbocycles. The molecule has 8 atom stereocenters. The van der Waals surface area contributed by atoms with E-state index in [1.54, 1.807) is 0 Å². The number of hydrogen-bond acceptors (Lipinski definition) is 2. The highest BCUT2D eigenvalue weighted by Crippen LogP contribution is 2.68. The summed E-state index contributed by atoms with van der Waals surface area (Å²) >= 11 is 2.65. The first-order valence-corrected chi connectivity index (χ1v) is 16.4. The van der Waals surface area contributed by atoms with Crippen molar-refractivity contribution in [2.24, 2.45) is 28.6 Å². The van der Waals surface area contributed by atoms with Gasteiger partial charge in [0.05, 0.1) is 5.60 Å². The van der Waals surface area contributed by atoms with E-state index in [1.165, 1.54) is 51.4 Å². The molecule has 4 aliphatic carbocycles. The van der Waals surface area contributed by atoms with E-state index in [0.29, 0.717) is 26.4 Å². The lowest BCUT2D eigenvalue weighted by molar-refractivity contribution is -0.200. The highest BCUT2D eigenvalue weighted by atomic mass is 127. The van der Waals surface area contributed by atoms with E-state index in [0.717, 1.165) is 18.3 Å². The summed E-state index contributed by atoms with van der Waals surface area (Å²) in [4.78, 5) is 0. The maximum atomic E-state index is 12.0. The average molecular weight is 533 g/mol. The summed E-state index contributed by atoms with van der Waals surface area (Å²) in [6.45, 7) is 16.9. The van der Waals surface area contributed by atoms with Crippen molar-refractivity contribution in [3.8, 4) is 0 Å². The first-order valence-electron chi connectivity index (χ1n) is 12.3. The fourth-order valence-electron chi connectivity index (χ4n) is 7.82. The SMILES string of the molecule is CC(C)(C)[Si](C)(C)O[C@H]1CC[C@@]2(C)[C@H](CC[C@@H]3[C@@H]2CC[C@]2(C)[C@H](I)CC[C@]32O)C1. The van der Waals surface area contributed by atoms with Gasteiger partial charge in [0.15, 0.2) is 8.32 Å². The summed E-state index contributed by atoms with van der Waals surface area (Å²) in [6.07, 6.45) is 11.6. The minimum Gasteiger partial charge on any atom is -0.414 e. The fourth-order valence-corrected chi connectivity index (χ4v) is 10.4. The van der Waals surface area contributed by atoms with E-state index in [1.807, 2.05) is 0 Å².